The Hall–Kier alpha value is -0.610. The maximum Gasteiger partial charge on any atom is 0.241 e. The summed E-state index contributed by atoms with van der Waals surface area (Å²) in [6, 6.07) is 0.0453. The van der Waals surface area contributed by atoms with Gasteiger partial charge in [-0.3, -0.25) is 10.1 Å². The number of carbonyl (C=O) groups excluding carboxylic acids is 1. The summed E-state index contributed by atoms with van der Waals surface area (Å²) in [5.74, 6) is 0.871. The topological polar surface area (TPSA) is 35.6 Å². The van der Waals surface area contributed by atoms with Crippen LogP contribution in [-0.2, 0) is 4.79 Å². The lowest BCUT2D eigenvalue weighted by Gasteiger charge is -2.28. The van der Waals surface area contributed by atoms with E-state index < -0.39 is 0 Å². The molecule has 0 aromatic heterocycles. The summed E-state index contributed by atoms with van der Waals surface area (Å²) in [5, 5.41) is 3.45. The predicted octanol–water partition coefficient (Wildman–Crippen LogP) is 1.66. The number of hydrogen-bond acceptors (Lipinski definition) is 3. The molecule has 3 atom stereocenters. The van der Waals surface area contributed by atoms with Crippen LogP contribution in [0.3, 0.4) is 0 Å². The third kappa shape index (κ3) is 3.48. The first-order valence-electron chi connectivity index (χ1n) is 7.94. The molecule has 1 N–H and O–H groups in total. The van der Waals surface area contributed by atoms with Crippen LogP contribution in [0.25, 0.3) is 0 Å². The molecule has 2 aliphatic heterocycles. The minimum Gasteiger partial charge on any atom is -0.325 e. The third-order valence-electron chi connectivity index (χ3n) is 4.42. The third-order valence-corrected chi connectivity index (χ3v) is 4.42. The molecule has 2 aliphatic rings. The van der Waals surface area contributed by atoms with Crippen LogP contribution in [0.4, 0.5) is 0 Å². The molecule has 19 heavy (non-hydrogen) atoms. The first-order valence-corrected chi connectivity index (χ1v) is 7.94. The maximum absolute atomic E-state index is 12.3. The van der Waals surface area contributed by atoms with Crippen molar-refractivity contribution < 1.29 is 4.79 Å². The zero-order valence-corrected chi connectivity index (χ0v) is 12.7. The minimum atomic E-state index is 0.0453. The van der Waals surface area contributed by atoms with Gasteiger partial charge in [0, 0.05) is 13.1 Å². The fourth-order valence-electron chi connectivity index (χ4n) is 3.39. The van der Waals surface area contributed by atoms with Gasteiger partial charge in [-0.1, -0.05) is 20.8 Å². The van der Waals surface area contributed by atoms with Crippen LogP contribution in [0.2, 0.25) is 0 Å². The van der Waals surface area contributed by atoms with Crippen molar-refractivity contribution in [3.63, 3.8) is 0 Å². The second kappa shape index (κ2) is 6.71. The molecule has 3 unspecified atom stereocenters. The van der Waals surface area contributed by atoms with Gasteiger partial charge in [-0.05, 0) is 44.7 Å². The van der Waals surface area contributed by atoms with Crippen molar-refractivity contribution in [1.82, 2.24) is 15.1 Å². The van der Waals surface area contributed by atoms with Gasteiger partial charge < -0.3 is 9.80 Å². The molecule has 0 spiro atoms. The van der Waals surface area contributed by atoms with E-state index in [-0.39, 0.29) is 12.2 Å². The van der Waals surface area contributed by atoms with E-state index in [1.54, 1.807) is 0 Å². The highest BCUT2D eigenvalue weighted by atomic mass is 16.2. The standard InChI is InChI=1S/C15H29N3O/c1-4-13-15(19)18(14(5-2)16-13)11-12(3)10-17-8-6-7-9-17/h12-14,16H,4-11H2,1-3H3. The molecule has 0 bridgehead atoms. The Kier molecular flexibility index (Phi) is 5.22. The van der Waals surface area contributed by atoms with E-state index >= 15 is 0 Å². The molecule has 1 amide bonds. The number of nitrogens with one attached hydrogen (secondary N) is 1. The fourth-order valence-corrected chi connectivity index (χ4v) is 3.39. The van der Waals surface area contributed by atoms with Crippen molar-refractivity contribution in [2.24, 2.45) is 5.92 Å². The van der Waals surface area contributed by atoms with Crippen LogP contribution in [-0.4, -0.2) is 54.1 Å². The van der Waals surface area contributed by atoms with E-state index in [4.69, 9.17) is 0 Å². The normalized spacial score (nSPS) is 30.3. The van der Waals surface area contributed by atoms with E-state index in [0.29, 0.717) is 11.8 Å². The van der Waals surface area contributed by atoms with Crippen LogP contribution in [0.15, 0.2) is 0 Å². The number of carbonyl (C=O) groups is 1. The number of nitrogens with zero attached hydrogens (tertiary/aromatic N) is 2. The average Bonchev–Trinajstić information content (AvgIpc) is 2.99. The van der Waals surface area contributed by atoms with Gasteiger partial charge in [0.2, 0.25) is 5.91 Å². The molecular weight excluding hydrogens is 238 g/mol. The van der Waals surface area contributed by atoms with Gasteiger partial charge in [-0.15, -0.1) is 0 Å². The molecule has 0 aliphatic carbocycles. The highest BCUT2D eigenvalue weighted by Gasteiger charge is 2.37. The van der Waals surface area contributed by atoms with E-state index in [9.17, 15) is 4.79 Å². The van der Waals surface area contributed by atoms with Crippen LogP contribution in [0.5, 0.6) is 0 Å². The first-order chi connectivity index (χ1) is 9.15. The van der Waals surface area contributed by atoms with Crippen molar-refractivity contribution in [3.05, 3.63) is 0 Å². The van der Waals surface area contributed by atoms with Gasteiger partial charge in [0.25, 0.3) is 0 Å². The Morgan fingerprint density at radius 3 is 2.47 bits per heavy atom. The van der Waals surface area contributed by atoms with Crippen LogP contribution in [0, 0.1) is 5.92 Å². The lowest BCUT2D eigenvalue weighted by molar-refractivity contribution is -0.130. The van der Waals surface area contributed by atoms with Gasteiger partial charge in [0.15, 0.2) is 0 Å². The van der Waals surface area contributed by atoms with Crippen LogP contribution < -0.4 is 5.32 Å². The van der Waals surface area contributed by atoms with Crippen molar-refractivity contribution in [2.45, 2.75) is 58.7 Å². The molecule has 4 nitrogen and oxygen atoms in total. The molecular formula is C15H29N3O. The van der Waals surface area contributed by atoms with E-state index in [1.807, 2.05) is 0 Å². The second-order valence-corrected chi connectivity index (χ2v) is 6.16. The quantitative estimate of drug-likeness (QED) is 0.795. The molecule has 2 saturated heterocycles. The Bertz CT molecular complexity index is 302. The highest BCUT2D eigenvalue weighted by Crippen LogP contribution is 2.18. The molecule has 2 rings (SSSR count). The van der Waals surface area contributed by atoms with Crippen molar-refractivity contribution >= 4 is 5.91 Å². The van der Waals surface area contributed by atoms with Gasteiger partial charge in [0.1, 0.15) is 0 Å². The fraction of sp³-hybridized carbons (Fsp3) is 0.933. The number of hydrogen-bond donors (Lipinski definition) is 1. The highest BCUT2D eigenvalue weighted by molar-refractivity contribution is 5.84. The van der Waals surface area contributed by atoms with Crippen LogP contribution in [0.1, 0.15) is 46.5 Å². The van der Waals surface area contributed by atoms with E-state index in [1.165, 1.54) is 25.9 Å². The first kappa shape index (κ1) is 14.8. The Morgan fingerprint density at radius 1 is 1.21 bits per heavy atom. The smallest absolute Gasteiger partial charge is 0.241 e. The zero-order chi connectivity index (χ0) is 13.8. The Morgan fingerprint density at radius 2 is 1.89 bits per heavy atom. The second-order valence-electron chi connectivity index (χ2n) is 6.16. The number of likely N-dealkylation sites (tertiary alicyclic amines) is 1. The number of amides is 1. The molecule has 2 fully saturated rings. The Labute approximate surface area is 117 Å². The summed E-state index contributed by atoms with van der Waals surface area (Å²) in [6.07, 6.45) is 4.82. The van der Waals surface area contributed by atoms with Crippen molar-refractivity contribution in [1.29, 1.82) is 0 Å². The molecule has 0 saturated carbocycles. The summed E-state index contributed by atoms with van der Waals surface area (Å²) < 4.78 is 0. The lowest BCUT2D eigenvalue weighted by Crippen LogP contribution is -2.41. The molecule has 4 heteroatoms. The molecule has 110 valence electrons. The average molecular weight is 267 g/mol. The summed E-state index contributed by atoms with van der Waals surface area (Å²) in [7, 11) is 0. The Balaban J connectivity index is 1.86. The summed E-state index contributed by atoms with van der Waals surface area (Å²) in [5.41, 5.74) is 0. The van der Waals surface area contributed by atoms with E-state index in [0.717, 1.165) is 25.9 Å². The van der Waals surface area contributed by atoms with Gasteiger partial charge in [-0.25, -0.2) is 0 Å². The zero-order valence-electron chi connectivity index (χ0n) is 12.7. The largest absolute Gasteiger partial charge is 0.325 e. The van der Waals surface area contributed by atoms with Gasteiger partial charge >= 0.3 is 0 Å². The summed E-state index contributed by atoms with van der Waals surface area (Å²) in [6.45, 7) is 11.0. The molecule has 2 heterocycles. The SMILES string of the molecule is CCC1NC(CC)N(CC(C)CN2CCCC2)C1=O. The predicted molar refractivity (Wildman–Crippen MR) is 77.8 cm³/mol. The van der Waals surface area contributed by atoms with Gasteiger partial charge in [0.05, 0.1) is 12.2 Å². The summed E-state index contributed by atoms with van der Waals surface area (Å²) in [4.78, 5) is 16.9. The van der Waals surface area contributed by atoms with Gasteiger partial charge in [-0.2, -0.15) is 0 Å². The molecule has 0 aromatic carbocycles. The van der Waals surface area contributed by atoms with E-state index in [2.05, 4.69) is 35.9 Å². The van der Waals surface area contributed by atoms with Crippen LogP contribution >= 0.6 is 0 Å². The van der Waals surface area contributed by atoms with Crippen molar-refractivity contribution in [2.75, 3.05) is 26.2 Å². The summed E-state index contributed by atoms with van der Waals surface area (Å²) >= 11 is 0. The number of rotatable bonds is 6. The monoisotopic (exact) mass is 267 g/mol. The molecule has 0 aromatic rings. The molecule has 0 radical (unpaired) electrons. The minimum absolute atomic E-state index is 0.0453. The van der Waals surface area contributed by atoms with Crippen molar-refractivity contribution in [3.8, 4) is 0 Å². The maximum atomic E-state index is 12.3. The lowest BCUT2D eigenvalue weighted by atomic mass is 10.1.